The number of pyridine rings is 1. The van der Waals surface area contributed by atoms with E-state index in [1.54, 1.807) is 52.2 Å². The van der Waals surface area contributed by atoms with Gasteiger partial charge in [0, 0.05) is 49.2 Å². The molecule has 3 aromatic heterocycles. The standard InChI is InChI=1S/C28H26FN7O2/c1-18-15-34(11-12-35(18)27(37)28(38)8-4-9-28)25-24-21(20-5-2-3-6-22(20)29)16-36(26(24)33-17-32-25)23-13-19(14-30)7-10-31-23/h2-3,5-7,10,13,16-18,38H,4,8-9,11-12,15H2,1H3. The van der Waals surface area contributed by atoms with E-state index in [-0.39, 0.29) is 17.8 Å². The van der Waals surface area contributed by atoms with Crippen LogP contribution >= 0.6 is 0 Å². The quantitative estimate of drug-likeness (QED) is 0.447. The molecule has 4 aromatic rings. The van der Waals surface area contributed by atoms with Crippen LogP contribution in [0.3, 0.4) is 0 Å². The molecule has 0 bridgehead atoms. The number of hydrogen-bond acceptors (Lipinski definition) is 7. The minimum absolute atomic E-state index is 0.154. The number of hydrogen-bond donors (Lipinski definition) is 1. The summed E-state index contributed by atoms with van der Waals surface area (Å²) < 4.78 is 16.8. The summed E-state index contributed by atoms with van der Waals surface area (Å²) >= 11 is 0. The summed E-state index contributed by atoms with van der Waals surface area (Å²) in [6, 6.07) is 11.8. The molecule has 1 atom stereocenters. The Bertz CT molecular complexity index is 1590. The number of anilines is 1. The SMILES string of the molecule is CC1CN(c2ncnc3c2c(-c2ccccc2F)cn3-c2cc(C#N)ccn2)CCN1C(=O)C1(O)CCC1. The highest BCUT2D eigenvalue weighted by Gasteiger charge is 2.46. The number of nitrogens with zero attached hydrogens (tertiary/aromatic N) is 7. The van der Waals surface area contributed by atoms with Gasteiger partial charge in [0.1, 0.15) is 29.4 Å². The van der Waals surface area contributed by atoms with E-state index in [2.05, 4.69) is 25.9 Å². The molecule has 1 unspecified atom stereocenters. The lowest BCUT2D eigenvalue weighted by molar-refractivity contribution is -0.162. The zero-order valence-electron chi connectivity index (χ0n) is 20.9. The molecule has 38 heavy (non-hydrogen) atoms. The number of halogens is 1. The van der Waals surface area contributed by atoms with Gasteiger partial charge in [0.05, 0.1) is 17.0 Å². The first-order chi connectivity index (χ1) is 18.4. The molecule has 10 heteroatoms. The Kier molecular flexibility index (Phi) is 5.80. The molecule has 192 valence electrons. The molecule has 1 aliphatic carbocycles. The van der Waals surface area contributed by atoms with Crippen LogP contribution in [0.1, 0.15) is 31.7 Å². The van der Waals surface area contributed by atoms with Crippen molar-refractivity contribution in [2.45, 2.75) is 37.8 Å². The van der Waals surface area contributed by atoms with E-state index in [9.17, 15) is 15.2 Å². The third-order valence-electron chi connectivity index (χ3n) is 7.62. The van der Waals surface area contributed by atoms with Crippen molar-refractivity contribution in [1.82, 2.24) is 24.4 Å². The van der Waals surface area contributed by atoms with Gasteiger partial charge < -0.3 is 14.9 Å². The average molecular weight is 512 g/mol. The molecule has 0 spiro atoms. The van der Waals surface area contributed by atoms with Crippen LogP contribution in [0.25, 0.3) is 28.0 Å². The highest BCUT2D eigenvalue weighted by molar-refractivity contribution is 6.02. The molecule has 2 fully saturated rings. The lowest BCUT2D eigenvalue weighted by Crippen LogP contribution is -2.61. The number of aromatic nitrogens is 4. The van der Waals surface area contributed by atoms with E-state index < -0.39 is 5.60 Å². The van der Waals surface area contributed by atoms with Gasteiger partial charge in [-0.2, -0.15) is 5.26 Å². The zero-order valence-corrected chi connectivity index (χ0v) is 20.9. The largest absolute Gasteiger partial charge is 0.380 e. The normalized spacial score (nSPS) is 18.7. The van der Waals surface area contributed by atoms with Crippen molar-refractivity contribution in [3.63, 3.8) is 0 Å². The van der Waals surface area contributed by atoms with Gasteiger partial charge >= 0.3 is 0 Å². The highest BCUT2D eigenvalue weighted by atomic mass is 19.1. The monoisotopic (exact) mass is 511 g/mol. The van der Waals surface area contributed by atoms with Crippen molar-refractivity contribution >= 4 is 22.8 Å². The fourth-order valence-electron chi connectivity index (χ4n) is 5.41. The summed E-state index contributed by atoms with van der Waals surface area (Å²) in [7, 11) is 0. The van der Waals surface area contributed by atoms with Crippen molar-refractivity contribution < 1.29 is 14.3 Å². The fraction of sp³-hybridized carbons (Fsp3) is 0.321. The highest BCUT2D eigenvalue weighted by Crippen LogP contribution is 2.39. The molecule has 1 N–H and O–H groups in total. The summed E-state index contributed by atoms with van der Waals surface area (Å²) in [6.07, 6.45) is 6.67. The number of rotatable bonds is 4. The van der Waals surface area contributed by atoms with Crippen LogP contribution in [-0.4, -0.2) is 66.7 Å². The number of amides is 1. The minimum atomic E-state index is -1.24. The predicted molar refractivity (Wildman–Crippen MR) is 139 cm³/mol. The third kappa shape index (κ3) is 3.87. The number of fused-ring (bicyclic) bond motifs is 1. The molecule has 4 heterocycles. The molecule has 9 nitrogen and oxygen atoms in total. The summed E-state index contributed by atoms with van der Waals surface area (Å²) in [5.41, 5.74) is 0.747. The first-order valence-corrected chi connectivity index (χ1v) is 12.7. The number of benzene rings is 1. The lowest BCUT2D eigenvalue weighted by Gasteiger charge is -2.46. The third-order valence-corrected chi connectivity index (χ3v) is 7.62. The molecule has 1 aromatic carbocycles. The molecule has 1 amide bonds. The van der Waals surface area contributed by atoms with Crippen LogP contribution in [0.15, 0.2) is 55.1 Å². The zero-order chi connectivity index (χ0) is 26.4. The number of nitriles is 1. The van der Waals surface area contributed by atoms with E-state index in [4.69, 9.17) is 0 Å². The Labute approximate surface area is 218 Å². The lowest BCUT2D eigenvalue weighted by atomic mass is 9.79. The molecule has 0 radical (unpaired) electrons. The molecular formula is C28H26FN7O2. The number of piperazine rings is 1. The van der Waals surface area contributed by atoms with Gasteiger partial charge in [0.2, 0.25) is 0 Å². The van der Waals surface area contributed by atoms with Crippen LogP contribution in [0.4, 0.5) is 10.2 Å². The number of aliphatic hydroxyl groups is 1. The van der Waals surface area contributed by atoms with E-state index >= 15 is 4.39 Å². The van der Waals surface area contributed by atoms with Gasteiger partial charge in [0.15, 0.2) is 5.65 Å². The van der Waals surface area contributed by atoms with Crippen LogP contribution < -0.4 is 4.90 Å². The van der Waals surface area contributed by atoms with Gasteiger partial charge in [-0.25, -0.2) is 19.3 Å². The maximum Gasteiger partial charge on any atom is 0.254 e. The van der Waals surface area contributed by atoms with Gasteiger partial charge in [0.25, 0.3) is 5.91 Å². The predicted octanol–water partition coefficient (Wildman–Crippen LogP) is 3.45. The van der Waals surface area contributed by atoms with Crippen LogP contribution in [0, 0.1) is 17.1 Å². The van der Waals surface area contributed by atoms with Crippen molar-refractivity contribution in [3.8, 4) is 23.0 Å². The molecule has 1 aliphatic heterocycles. The fourth-order valence-corrected chi connectivity index (χ4v) is 5.41. The Morgan fingerprint density at radius 1 is 1.16 bits per heavy atom. The molecule has 1 saturated carbocycles. The summed E-state index contributed by atoms with van der Waals surface area (Å²) in [5, 5.41) is 20.7. The van der Waals surface area contributed by atoms with Crippen molar-refractivity contribution in [1.29, 1.82) is 5.26 Å². The van der Waals surface area contributed by atoms with Crippen molar-refractivity contribution in [3.05, 3.63) is 66.5 Å². The first kappa shape index (κ1) is 24.0. The Morgan fingerprint density at radius 2 is 1.97 bits per heavy atom. The molecular weight excluding hydrogens is 485 g/mol. The van der Waals surface area contributed by atoms with Gasteiger partial charge in [-0.15, -0.1) is 0 Å². The van der Waals surface area contributed by atoms with Crippen LogP contribution in [0.2, 0.25) is 0 Å². The second-order valence-corrected chi connectivity index (χ2v) is 9.98. The van der Waals surface area contributed by atoms with E-state index in [0.717, 1.165) is 6.42 Å². The topological polar surface area (TPSA) is 111 Å². The molecule has 2 aliphatic rings. The van der Waals surface area contributed by atoms with Gasteiger partial charge in [-0.05, 0) is 44.4 Å². The second kappa shape index (κ2) is 9.19. The smallest absolute Gasteiger partial charge is 0.254 e. The first-order valence-electron chi connectivity index (χ1n) is 12.7. The molecule has 1 saturated heterocycles. The maximum absolute atomic E-state index is 15.1. The van der Waals surface area contributed by atoms with Gasteiger partial charge in [-0.1, -0.05) is 18.2 Å². The Hall–Kier alpha value is -4.36. The van der Waals surface area contributed by atoms with Crippen LogP contribution in [-0.2, 0) is 4.79 Å². The van der Waals surface area contributed by atoms with E-state index in [0.29, 0.717) is 71.8 Å². The summed E-state index contributed by atoms with van der Waals surface area (Å²) in [6.45, 7) is 3.40. The second-order valence-electron chi connectivity index (χ2n) is 9.98. The van der Waals surface area contributed by atoms with Crippen molar-refractivity contribution in [2.75, 3.05) is 24.5 Å². The Morgan fingerprint density at radius 3 is 2.68 bits per heavy atom. The maximum atomic E-state index is 15.1. The van der Waals surface area contributed by atoms with E-state index in [1.807, 2.05) is 6.92 Å². The molecule has 6 rings (SSSR count). The minimum Gasteiger partial charge on any atom is -0.380 e. The van der Waals surface area contributed by atoms with E-state index in [1.165, 1.54) is 12.4 Å². The summed E-state index contributed by atoms with van der Waals surface area (Å²) in [4.78, 5) is 30.4. The average Bonchev–Trinajstić information content (AvgIpc) is 3.31. The number of carbonyl (C=O) groups is 1. The van der Waals surface area contributed by atoms with Crippen LogP contribution in [0.5, 0.6) is 0 Å². The van der Waals surface area contributed by atoms with Gasteiger partial charge in [-0.3, -0.25) is 9.36 Å². The summed E-state index contributed by atoms with van der Waals surface area (Å²) in [5.74, 6) is 0.534. The van der Waals surface area contributed by atoms with Crippen molar-refractivity contribution in [2.24, 2.45) is 0 Å². The number of carbonyl (C=O) groups excluding carboxylic acids is 1. The Balaban J connectivity index is 1.45.